The molecule has 3 fully saturated rings. The van der Waals surface area contributed by atoms with Gasteiger partial charge in [0.05, 0.1) is 24.1 Å². The van der Waals surface area contributed by atoms with Gasteiger partial charge < -0.3 is 10.1 Å². The summed E-state index contributed by atoms with van der Waals surface area (Å²) in [6.45, 7) is 1.81. The molecule has 41 heavy (non-hydrogen) atoms. The summed E-state index contributed by atoms with van der Waals surface area (Å²) in [7, 11) is -2.91. The number of nitrogens with one attached hydrogen (secondary N) is 1. The Morgan fingerprint density at radius 3 is 2.39 bits per heavy atom. The highest BCUT2D eigenvalue weighted by Gasteiger charge is 2.48. The SMILES string of the molecule is COC(=O)[C@@H]1C2CCC(CC2)[C@H]1Nc1nc(-c2cn(S(=O)(=O)c3ccc(C)cc3)c3ncc(F)cc23)c(F)cc1F. The molecule has 0 radical (unpaired) electrons. The Bertz CT molecular complexity index is 1770. The van der Waals surface area contributed by atoms with Crippen LogP contribution in [0.1, 0.15) is 31.2 Å². The van der Waals surface area contributed by atoms with Gasteiger partial charge in [-0.3, -0.25) is 4.79 Å². The first-order valence-electron chi connectivity index (χ1n) is 13.3. The number of aryl methyl sites for hydroxylation is 1. The molecular formula is C29H27F3N4O4S. The van der Waals surface area contributed by atoms with Gasteiger partial charge in [-0.15, -0.1) is 0 Å². The molecule has 3 saturated carbocycles. The van der Waals surface area contributed by atoms with Crippen LogP contribution in [0.5, 0.6) is 0 Å². The van der Waals surface area contributed by atoms with E-state index in [0.717, 1.165) is 53.7 Å². The molecule has 0 saturated heterocycles. The second-order valence-electron chi connectivity index (χ2n) is 10.7. The van der Waals surface area contributed by atoms with Crippen molar-refractivity contribution < 1.29 is 31.1 Å². The van der Waals surface area contributed by atoms with Crippen molar-refractivity contribution in [2.24, 2.45) is 17.8 Å². The smallest absolute Gasteiger partial charge is 0.311 e. The van der Waals surface area contributed by atoms with Gasteiger partial charge in [0.15, 0.2) is 23.1 Å². The molecule has 4 aromatic rings. The lowest BCUT2D eigenvalue weighted by Gasteiger charge is -2.47. The predicted octanol–water partition coefficient (Wildman–Crippen LogP) is 5.45. The quantitative estimate of drug-likeness (QED) is 0.301. The fourth-order valence-electron chi connectivity index (χ4n) is 6.30. The zero-order valence-electron chi connectivity index (χ0n) is 22.3. The number of hydrogen-bond acceptors (Lipinski definition) is 7. The number of aromatic nitrogens is 3. The Hall–Kier alpha value is -3.93. The van der Waals surface area contributed by atoms with Gasteiger partial charge in [-0.05, 0) is 62.6 Å². The fraction of sp³-hybridized carbons (Fsp3) is 0.345. The van der Waals surface area contributed by atoms with Crippen LogP contribution in [0.15, 0.2) is 53.7 Å². The van der Waals surface area contributed by atoms with Crippen molar-refractivity contribution in [2.75, 3.05) is 12.4 Å². The number of fused-ring (bicyclic) bond motifs is 4. The molecule has 3 aliphatic rings. The molecule has 3 heterocycles. The number of nitrogens with zero attached hydrogens (tertiary/aromatic N) is 3. The number of benzene rings is 1. The Kier molecular flexibility index (Phi) is 6.75. The second-order valence-corrected chi connectivity index (χ2v) is 12.5. The summed E-state index contributed by atoms with van der Waals surface area (Å²) in [5.74, 6) is -3.88. The number of carbonyl (C=O) groups is 1. The van der Waals surface area contributed by atoms with E-state index >= 15 is 8.78 Å². The summed E-state index contributed by atoms with van der Waals surface area (Å²) in [4.78, 5) is 20.8. The molecule has 0 spiro atoms. The number of esters is 1. The summed E-state index contributed by atoms with van der Waals surface area (Å²) in [6.07, 6.45) is 5.39. The molecular weight excluding hydrogens is 557 g/mol. The predicted molar refractivity (Wildman–Crippen MR) is 145 cm³/mol. The number of rotatable bonds is 6. The third-order valence-corrected chi connectivity index (χ3v) is 10.0. The summed E-state index contributed by atoms with van der Waals surface area (Å²) >= 11 is 0. The fourth-order valence-corrected chi connectivity index (χ4v) is 7.62. The largest absolute Gasteiger partial charge is 0.469 e. The van der Waals surface area contributed by atoms with Crippen LogP contribution >= 0.6 is 0 Å². The highest BCUT2D eigenvalue weighted by molar-refractivity contribution is 7.90. The molecule has 1 aromatic carbocycles. The lowest BCUT2D eigenvalue weighted by Crippen LogP contribution is -2.52. The van der Waals surface area contributed by atoms with Gasteiger partial charge in [-0.2, -0.15) is 0 Å². The minimum atomic E-state index is -4.22. The van der Waals surface area contributed by atoms with Crippen LogP contribution in [0, 0.1) is 42.1 Å². The Balaban J connectivity index is 1.47. The number of hydrogen-bond donors (Lipinski definition) is 1. The Morgan fingerprint density at radius 1 is 1.02 bits per heavy atom. The molecule has 1 N–H and O–H groups in total. The first kappa shape index (κ1) is 27.3. The maximum Gasteiger partial charge on any atom is 0.311 e. The number of ether oxygens (including phenoxy) is 1. The van der Waals surface area contributed by atoms with Crippen LogP contribution < -0.4 is 5.32 Å². The third kappa shape index (κ3) is 4.63. The van der Waals surface area contributed by atoms with E-state index in [-0.39, 0.29) is 44.8 Å². The second kappa shape index (κ2) is 10.2. The van der Waals surface area contributed by atoms with E-state index in [0.29, 0.717) is 6.07 Å². The monoisotopic (exact) mass is 584 g/mol. The number of pyridine rings is 2. The van der Waals surface area contributed by atoms with Gasteiger partial charge in [0.1, 0.15) is 11.5 Å². The van der Waals surface area contributed by atoms with Gasteiger partial charge in [-0.1, -0.05) is 17.7 Å². The molecule has 2 bridgehead atoms. The molecule has 0 amide bonds. The zero-order chi connectivity index (χ0) is 29.1. The number of anilines is 1. The van der Waals surface area contributed by atoms with E-state index < -0.39 is 45.4 Å². The van der Waals surface area contributed by atoms with Crippen molar-refractivity contribution >= 4 is 32.8 Å². The van der Waals surface area contributed by atoms with Crippen molar-refractivity contribution in [3.05, 3.63) is 71.8 Å². The standard InChI is InChI=1S/C29H27F3N4O4S/c1-15-3-9-19(10-4-15)41(38,39)36-14-21(20-11-18(30)13-33-28(20)36)26-22(31)12-23(32)27(35-26)34-25-17-7-5-16(6-8-17)24(25)29(37)40-2/h3-4,9-14,16-17,24-25H,5-8H2,1-2H3,(H,34,35)/t16?,17?,24-,25-/m1/s1. The van der Waals surface area contributed by atoms with E-state index in [1.165, 1.54) is 19.2 Å². The lowest BCUT2D eigenvalue weighted by molar-refractivity contribution is -0.152. The third-order valence-electron chi connectivity index (χ3n) is 8.34. The van der Waals surface area contributed by atoms with Crippen molar-refractivity contribution in [1.29, 1.82) is 0 Å². The van der Waals surface area contributed by atoms with E-state index in [4.69, 9.17) is 4.74 Å². The topological polar surface area (TPSA) is 103 Å². The molecule has 214 valence electrons. The normalized spacial score (nSPS) is 22.2. The molecule has 12 heteroatoms. The summed E-state index contributed by atoms with van der Waals surface area (Å²) in [5.41, 5.74) is 0.232. The molecule has 3 aromatic heterocycles. The summed E-state index contributed by atoms with van der Waals surface area (Å²) in [6, 6.07) is 7.31. The minimum Gasteiger partial charge on any atom is -0.469 e. The average Bonchev–Trinajstić information content (AvgIpc) is 3.34. The van der Waals surface area contributed by atoms with Crippen LogP contribution in [0.4, 0.5) is 19.0 Å². The van der Waals surface area contributed by atoms with Gasteiger partial charge in [0.25, 0.3) is 10.0 Å². The van der Waals surface area contributed by atoms with Crippen molar-refractivity contribution in [1.82, 2.24) is 13.9 Å². The first-order valence-corrected chi connectivity index (χ1v) is 14.7. The van der Waals surface area contributed by atoms with Gasteiger partial charge in [0, 0.05) is 29.3 Å². The molecule has 0 unspecified atom stereocenters. The van der Waals surface area contributed by atoms with Crippen LogP contribution in [0.3, 0.4) is 0 Å². The van der Waals surface area contributed by atoms with E-state index in [9.17, 15) is 17.6 Å². The van der Waals surface area contributed by atoms with E-state index in [2.05, 4.69) is 15.3 Å². The highest BCUT2D eigenvalue weighted by atomic mass is 32.2. The van der Waals surface area contributed by atoms with Crippen LogP contribution in [0.25, 0.3) is 22.3 Å². The zero-order valence-corrected chi connectivity index (χ0v) is 23.1. The molecule has 8 nitrogen and oxygen atoms in total. The maximum absolute atomic E-state index is 15.3. The number of carbonyl (C=O) groups excluding carboxylic acids is 1. The number of halogens is 3. The minimum absolute atomic E-state index is 0.0196. The van der Waals surface area contributed by atoms with Crippen molar-refractivity contribution in [2.45, 2.75) is 43.5 Å². The highest BCUT2D eigenvalue weighted by Crippen LogP contribution is 2.47. The van der Waals surface area contributed by atoms with Gasteiger partial charge in [0.2, 0.25) is 0 Å². The lowest BCUT2D eigenvalue weighted by atomic mass is 9.61. The maximum atomic E-state index is 15.3. The van der Waals surface area contributed by atoms with Crippen molar-refractivity contribution in [3.63, 3.8) is 0 Å². The van der Waals surface area contributed by atoms with Crippen LogP contribution in [-0.2, 0) is 19.6 Å². The summed E-state index contributed by atoms with van der Waals surface area (Å²) < 4.78 is 77.8. The van der Waals surface area contributed by atoms with E-state index in [1.54, 1.807) is 12.1 Å². The van der Waals surface area contributed by atoms with Crippen LogP contribution in [-0.4, -0.2) is 41.5 Å². The van der Waals surface area contributed by atoms with Crippen LogP contribution in [0.2, 0.25) is 0 Å². The van der Waals surface area contributed by atoms with E-state index in [1.807, 2.05) is 6.92 Å². The van der Waals surface area contributed by atoms with Gasteiger partial charge >= 0.3 is 5.97 Å². The van der Waals surface area contributed by atoms with Crippen molar-refractivity contribution in [3.8, 4) is 11.3 Å². The average molecular weight is 585 g/mol. The molecule has 3 aliphatic carbocycles. The number of methoxy groups -OCH3 is 1. The summed E-state index contributed by atoms with van der Waals surface area (Å²) in [5, 5.41) is 3.02. The Morgan fingerprint density at radius 2 is 1.71 bits per heavy atom. The Labute approximate surface area is 234 Å². The molecule has 2 atom stereocenters. The molecule has 0 aliphatic heterocycles. The molecule has 7 rings (SSSR count). The van der Waals surface area contributed by atoms with Gasteiger partial charge in [-0.25, -0.2) is 35.5 Å². The first-order chi connectivity index (χ1) is 19.6.